The lowest BCUT2D eigenvalue weighted by molar-refractivity contribution is -0.161. The smallest absolute Gasteiger partial charge is 0.306 e. The summed E-state index contributed by atoms with van der Waals surface area (Å²) in [4.78, 5) is 24.4. The van der Waals surface area contributed by atoms with Crippen molar-refractivity contribution in [1.29, 1.82) is 0 Å². The van der Waals surface area contributed by atoms with Gasteiger partial charge in [-0.3, -0.25) is 9.59 Å². The molecule has 0 bridgehead atoms. The maximum absolute atomic E-state index is 12.2. The molecule has 0 aliphatic rings. The van der Waals surface area contributed by atoms with Crippen LogP contribution in [0, 0.1) is 0 Å². The normalized spacial score (nSPS) is 13.8. The molecule has 0 amide bonds. The second kappa shape index (κ2) is 50.6. The number of carbonyl (C=O) groups is 2. The van der Waals surface area contributed by atoms with Gasteiger partial charge in [0.1, 0.15) is 6.61 Å². The zero-order valence-electron chi connectivity index (χ0n) is 38.8. The molecule has 0 saturated carbocycles. The van der Waals surface area contributed by atoms with Gasteiger partial charge in [-0.15, -0.1) is 0 Å². The van der Waals surface area contributed by atoms with Gasteiger partial charge in [0, 0.05) is 12.8 Å². The first-order chi connectivity index (χ1) is 30.6. The number of carbonyl (C=O) groups excluding carboxylic acids is 2. The summed E-state index contributed by atoms with van der Waals surface area (Å²) in [6.45, 7) is 3.81. The third-order valence-electron chi connectivity index (χ3n) is 9.01. The molecule has 1 atom stereocenters. The fraction of sp³-hybridized carbons (Fsp3) is 0.474. The van der Waals surface area contributed by atoms with Gasteiger partial charge in [-0.1, -0.05) is 190 Å². The highest BCUT2D eigenvalue weighted by atomic mass is 16.6. The van der Waals surface area contributed by atoms with Gasteiger partial charge in [0.25, 0.3) is 0 Å². The summed E-state index contributed by atoms with van der Waals surface area (Å²) in [5.41, 5.74) is 0. The molecule has 0 radical (unpaired) electrons. The van der Waals surface area contributed by atoms with Gasteiger partial charge in [0.2, 0.25) is 0 Å². The summed E-state index contributed by atoms with van der Waals surface area (Å²) in [6.07, 6.45) is 80.0. The predicted molar refractivity (Wildman–Crippen MR) is 269 cm³/mol. The topological polar surface area (TPSA) is 72.8 Å². The second-order valence-electron chi connectivity index (χ2n) is 14.7. The van der Waals surface area contributed by atoms with Crippen LogP contribution in [0.4, 0.5) is 0 Å². The van der Waals surface area contributed by atoms with Crippen molar-refractivity contribution in [2.24, 2.45) is 0 Å². The Bertz CT molecular complexity index is 1470. The Morgan fingerprint density at radius 2 is 0.661 bits per heavy atom. The zero-order chi connectivity index (χ0) is 44.9. The van der Waals surface area contributed by atoms with E-state index in [4.69, 9.17) is 9.47 Å². The number of unbranched alkanes of at least 4 members (excludes halogenated alkanes) is 4. The molecule has 0 spiro atoms. The summed E-state index contributed by atoms with van der Waals surface area (Å²) in [5, 5.41) is 9.60. The first-order valence-corrected chi connectivity index (χ1v) is 23.7. The second-order valence-corrected chi connectivity index (χ2v) is 14.7. The lowest BCUT2D eigenvalue weighted by Gasteiger charge is -2.15. The minimum absolute atomic E-state index is 0.120. The number of ether oxygens (including phenoxy) is 2. The minimum atomic E-state index is -0.831. The summed E-state index contributed by atoms with van der Waals surface area (Å²) < 4.78 is 10.6. The van der Waals surface area contributed by atoms with E-state index >= 15 is 0 Å². The maximum atomic E-state index is 12.2. The lowest BCUT2D eigenvalue weighted by Crippen LogP contribution is -2.28. The van der Waals surface area contributed by atoms with E-state index in [1.807, 2.05) is 0 Å². The molecule has 0 aromatic carbocycles. The van der Waals surface area contributed by atoms with Crippen LogP contribution < -0.4 is 0 Å². The van der Waals surface area contributed by atoms with Gasteiger partial charge in [0.05, 0.1) is 6.61 Å². The summed E-state index contributed by atoms with van der Waals surface area (Å²) in [5.74, 6) is -0.718. The number of rotatable bonds is 40. The van der Waals surface area contributed by atoms with Gasteiger partial charge in [-0.2, -0.15) is 0 Å². The Kier molecular flexibility index (Phi) is 46.7. The van der Waals surface area contributed by atoms with Crippen LogP contribution in [0.15, 0.2) is 170 Å². The van der Waals surface area contributed by atoms with Crippen molar-refractivity contribution in [2.75, 3.05) is 13.2 Å². The molecule has 0 saturated heterocycles. The van der Waals surface area contributed by atoms with Crippen molar-refractivity contribution in [3.05, 3.63) is 170 Å². The Hall–Kier alpha value is -4.74. The van der Waals surface area contributed by atoms with Crippen molar-refractivity contribution in [3.8, 4) is 0 Å². The van der Waals surface area contributed by atoms with E-state index in [2.05, 4.69) is 184 Å². The molecular weight excluding hydrogens is 765 g/mol. The van der Waals surface area contributed by atoms with E-state index in [0.717, 1.165) is 122 Å². The highest BCUT2D eigenvalue weighted by Crippen LogP contribution is 2.08. The molecular formula is C57H84O5. The van der Waals surface area contributed by atoms with Crippen LogP contribution in [0.5, 0.6) is 0 Å². The fourth-order valence-electron chi connectivity index (χ4n) is 5.52. The van der Waals surface area contributed by atoms with Crippen LogP contribution in [0.2, 0.25) is 0 Å². The molecule has 0 aliphatic heterocycles. The average Bonchev–Trinajstić information content (AvgIpc) is 3.28. The number of hydrogen-bond donors (Lipinski definition) is 1. The molecule has 0 rings (SSSR count). The van der Waals surface area contributed by atoms with E-state index in [0.29, 0.717) is 12.8 Å². The number of hydrogen-bond acceptors (Lipinski definition) is 5. The van der Waals surface area contributed by atoms with Crippen LogP contribution in [0.25, 0.3) is 0 Å². The van der Waals surface area contributed by atoms with Crippen molar-refractivity contribution in [2.45, 2.75) is 161 Å². The Balaban J connectivity index is 3.79. The van der Waals surface area contributed by atoms with Crippen molar-refractivity contribution < 1.29 is 24.2 Å². The highest BCUT2D eigenvalue weighted by molar-refractivity contribution is 5.70. The van der Waals surface area contributed by atoms with Crippen LogP contribution in [-0.4, -0.2) is 36.4 Å². The van der Waals surface area contributed by atoms with E-state index in [-0.39, 0.29) is 31.6 Å². The summed E-state index contributed by atoms with van der Waals surface area (Å²) in [6, 6.07) is 0. The highest BCUT2D eigenvalue weighted by Gasteiger charge is 2.15. The van der Waals surface area contributed by atoms with Gasteiger partial charge in [-0.25, -0.2) is 0 Å². The first-order valence-electron chi connectivity index (χ1n) is 23.7. The molecule has 0 fully saturated rings. The molecule has 342 valence electrons. The third-order valence-corrected chi connectivity index (χ3v) is 9.01. The number of aliphatic hydroxyl groups is 1. The molecule has 1 unspecified atom stereocenters. The number of aliphatic hydroxyl groups excluding tert-OH is 1. The van der Waals surface area contributed by atoms with Gasteiger partial charge in [-0.05, 0) is 122 Å². The number of allylic oxidation sites excluding steroid dienone is 28. The zero-order valence-corrected chi connectivity index (χ0v) is 38.8. The van der Waals surface area contributed by atoms with Gasteiger partial charge < -0.3 is 14.6 Å². The predicted octanol–water partition coefficient (Wildman–Crippen LogP) is 15.8. The molecule has 0 aliphatic carbocycles. The molecule has 5 heteroatoms. The van der Waals surface area contributed by atoms with Crippen LogP contribution in [-0.2, 0) is 19.1 Å². The quantitative estimate of drug-likeness (QED) is 0.0378. The average molecular weight is 849 g/mol. The summed E-state index contributed by atoms with van der Waals surface area (Å²) in [7, 11) is 0. The lowest BCUT2D eigenvalue weighted by atomic mass is 10.1. The van der Waals surface area contributed by atoms with Crippen molar-refractivity contribution in [1.82, 2.24) is 0 Å². The standard InChI is InChI=1S/C57H84O5/c1-3-5-7-9-11-13-15-17-19-21-23-24-25-26-27-28-29-30-31-32-34-36-38-40-42-44-46-48-50-52-57(60)62-55(53-58)54-61-56(59)51-49-47-45-43-41-39-37-35-33-22-20-18-16-14-12-10-8-6-4-2/h5-8,11-14,17-20,23-24,26-27,29-30,32-35,38-41,44,46,55,58H,3-4,9-10,15-16,21-22,25,28,31,36-37,42-43,45,47-54H2,1-2H3/b7-5-,8-6-,13-11-,14-12-,19-17-,20-18-,24-23-,27-26-,30-29-,34-32-,35-33-,40-38-,41-39-,46-44-. The summed E-state index contributed by atoms with van der Waals surface area (Å²) >= 11 is 0. The minimum Gasteiger partial charge on any atom is -0.462 e. The molecule has 0 heterocycles. The van der Waals surface area contributed by atoms with E-state index in [1.165, 1.54) is 0 Å². The van der Waals surface area contributed by atoms with Crippen LogP contribution >= 0.6 is 0 Å². The molecule has 5 nitrogen and oxygen atoms in total. The molecule has 0 aromatic heterocycles. The monoisotopic (exact) mass is 849 g/mol. The SMILES string of the molecule is CC/C=C\C/C=C\C/C=C\C/C=C\C/C=C\C/C=C\C/C=C\C/C=C\C/C=C\CCCC(=O)OC(CO)COC(=O)CCCCC/C=C\C/C=C\C/C=C\C/C=C\C/C=C\CC. The van der Waals surface area contributed by atoms with Crippen LogP contribution in [0.3, 0.4) is 0 Å². The van der Waals surface area contributed by atoms with Gasteiger partial charge >= 0.3 is 11.9 Å². The third kappa shape index (κ3) is 47.9. The van der Waals surface area contributed by atoms with Crippen molar-refractivity contribution in [3.63, 3.8) is 0 Å². The van der Waals surface area contributed by atoms with E-state index < -0.39 is 6.10 Å². The molecule has 1 N–H and O–H groups in total. The Morgan fingerprint density at radius 3 is 0.984 bits per heavy atom. The fourth-order valence-corrected chi connectivity index (χ4v) is 5.52. The molecule has 62 heavy (non-hydrogen) atoms. The number of esters is 2. The van der Waals surface area contributed by atoms with Crippen molar-refractivity contribution >= 4 is 11.9 Å². The largest absolute Gasteiger partial charge is 0.462 e. The maximum Gasteiger partial charge on any atom is 0.306 e. The van der Waals surface area contributed by atoms with Crippen LogP contribution in [0.1, 0.15) is 155 Å². The molecule has 0 aromatic rings. The first kappa shape index (κ1) is 57.3. The van der Waals surface area contributed by atoms with E-state index in [9.17, 15) is 14.7 Å². The Morgan fingerprint density at radius 1 is 0.371 bits per heavy atom. The van der Waals surface area contributed by atoms with Gasteiger partial charge in [0.15, 0.2) is 6.10 Å². The van der Waals surface area contributed by atoms with E-state index in [1.54, 1.807) is 0 Å². The Labute approximate surface area is 379 Å².